The first-order valence-electron chi connectivity index (χ1n) is 13.7. The number of rotatable bonds is 7. The van der Waals surface area contributed by atoms with Gasteiger partial charge in [-0.25, -0.2) is 4.98 Å². The van der Waals surface area contributed by atoms with Gasteiger partial charge in [0.05, 0.1) is 11.7 Å². The fourth-order valence-corrected chi connectivity index (χ4v) is 5.48. The summed E-state index contributed by atoms with van der Waals surface area (Å²) >= 11 is 0. The second-order valence-electron chi connectivity index (χ2n) is 11.5. The van der Waals surface area contributed by atoms with Crippen LogP contribution in [-0.2, 0) is 5.41 Å². The number of piperazine rings is 1. The topological polar surface area (TPSA) is 55.4 Å². The van der Waals surface area contributed by atoms with Crippen molar-refractivity contribution in [2.45, 2.75) is 45.3 Å². The zero-order chi connectivity index (χ0) is 26.7. The van der Waals surface area contributed by atoms with Gasteiger partial charge in [-0.1, -0.05) is 106 Å². The van der Waals surface area contributed by atoms with E-state index in [1.54, 1.807) is 0 Å². The molecule has 0 saturated carbocycles. The standard InChI is InChI=1S/C33H40N4O.3ClH/c1-24-30(35-32(34-24)27-15-17-28(18-16-27)33(2,3)4)29(38)23-36-19-21-37(22-20-36)31(25-11-7-5-8-12-25)26-13-9-6-10-14-26;;;/h5-18,29,31,38H,19-23H2,1-4H3,(H,34,35);3*1H. The van der Waals surface area contributed by atoms with Crippen LogP contribution in [0.15, 0.2) is 84.9 Å². The highest BCUT2D eigenvalue weighted by atomic mass is 35.5. The molecule has 1 aliphatic rings. The molecule has 0 amide bonds. The summed E-state index contributed by atoms with van der Waals surface area (Å²) in [6.45, 7) is 13.0. The summed E-state index contributed by atoms with van der Waals surface area (Å²) in [6, 6.07) is 30.3. The van der Waals surface area contributed by atoms with Crippen LogP contribution in [0.2, 0.25) is 0 Å². The molecule has 5 nitrogen and oxygen atoms in total. The Morgan fingerprint density at radius 2 is 1.29 bits per heavy atom. The molecule has 1 aliphatic heterocycles. The van der Waals surface area contributed by atoms with E-state index < -0.39 is 6.10 Å². The van der Waals surface area contributed by atoms with Crippen molar-refractivity contribution in [2.75, 3.05) is 32.7 Å². The Morgan fingerprint density at radius 1 is 0.780 bits per heavy atom. The Labute approximate surface area is 263 Å². The number of aromatic nitrogens is 2. The van der Waals surface area contributed by atoms with Crippen molar-refractivity contribution >= 4 is 37.2 Å². The number of hydrogen-bond acceptors (Lipinski definition) is 4. The second kappa shape index (κ2) is 15.2. The highest BCUT2D eigenvalue weighted by Crippen LogP contribution is 2.30. The molecule has 4 aromatic rings. The van der Waals surface area contributed by atoms with Crippen molar-refractivity contribution < 1.29 is 5.11 Å². The largest absolute Gasteiger partial charge is 0.385 e. The van der Waals surface area contributed by atoms with Gasteiger partial charge < -0.3 is 10.1 Å². The van der Waals surface area contributed by atoms with Gasteiger partial charge in [0.25, 0.3) is 0 Å². The fourth-order valence-electron chi connectivity index (χ4n) is 5.48. The number of imidazole rings is 1. The summed E-state index contributed by atoms with van der Waals surface area (Å²) in [7, 11) is 0. The van der Waals surface area contributed by atoms with Gasteiger partial charge in [0.1, 0.15) is 11.9 Å². The van der Waals surface area contributed by atoms with Gasteiger partial charge in [0, 0.05) is 44.0 Å². The molecule has 3 aromatic carbocycles. The van der Waals surface area contributed by atoms with E-state index in [1.807, 2.05) is 6.92 Å². The molecular formula is C33H43Cl3N4O. The van der Waals surface area contributed by atoms with Gasteiger partial charge in [-0.2, -0.15) is 0 Å². The number of aliphatic hydroxyl groups excluding tert-OH is 1. The lowest BCUT2D eigenvalue weighted by Gasteiger charge is -2.40. The normalized spacial score (nSPS) is 15.0. The van der Waals surface area contributed by atoms with Crippen molar-refractivity contribution in [3.63, 3.8) is 0 Å². The predicted octanol–water partition coefficient (Wildman–Crippen LogP) is 7.39. The van der Waals surface area contributed by atoms with E-state index in [9.17, 15) is 5.11 Å². The first kappa shape index (κ1) is 34.8. The zero-order valence-electron chi connectivity index (χ0n) is 24.3. The summed E-state index contributed by atoms with van der Waals surface area (Å²) in [5, 5.41) is 11.2. The highest BCUT2D eigenvalue weighted by Gasteiger charge is 2.28. The van der Waals surface area contributed by atoms with Crippen LogP contribution in [0.1, 0.15) is 61.0 Å². The summed E-state index contributed by atoms with van der Waals surface area (Å²) in [6.07, 6.45) is -0.626. The number of benzene rings is 3. The van der Waals surface area contributed by atoms with E-state index >= 15 is 0 Å². The zero-order valence-corrected chi connectivity index (χ0v) is 26.7. The predicted molar refractivity (Wildman–Crippen MR) is 177 cm³/mol. The van der Waals surface area contributed by atoms with Crippen molar-refractivity contribution in [3.8, 4) is 11.4 Å². The van der Waals surface area contributed by atoms with Crippen LogP contribution in [-0.4, -0.2) is 57.6 Å². The number of halogens is 3. The van der Waals surface area contributed by atoms with Crippen LogP contribution in [0.25, 0.3) is 11.4 Å². The molecule has 0 bridgehead atoms. The van der Waals surface area contributed by atoms with Crippen LogP contribution in [0, 0.1) is 6.92 Å². The van der Waals surface area contributed by atoms with Gasteiger partial charge >= 0.3 is 0 Å². The molecule has 1 aromatic heterocycles. The number of aryl methyl sites for hydroxylation is 1. The monoisotopic (exact) mass is 616 g/mol. The molecule has 0 radical (unpaired) electrons. The van der Waals surface area contributed by atoms with Gasteiger partial charge in [-0.3, -0.25) is 9.80 Å². The van der Waals surface area contributed by atoms with Crippen molar-refractivity contribution in [1.29, 1.82) is 0 Å². The molecule has 5 rings (SSSR count). The first-order valence-corrected chi connectivity index (χ1v) is 13.7. The van der Waals surface area contributed by atoms with Crippen LogP contribution in [0.3, 0.4) is 0 Å². The van der Waals surface area contributed by atoms with Crippen LogP contribution >= 0.6 is 37.2 Å². The molecule has 222 valence electrons. The van der Waals surface area contributed by atoms with Gasteiger partial charge in [-0.05, 0) is 29.0 Å². The van der Waals surface area contributed by atoms with E-state index in [-0.39, 0.29) is 48.7 Å². The lowest BCUT2D eigenvalue weighted by atomic mass is 9.87. The maximum Gasteiger partial charge on any atom is 0.137 e. The maximum absolute atomic E-state index is 11.2. The fraction of sp³-hybridized carbons (Fsp3) is 0.364. The summed E-state index contributed by atoms with van der Waals surface area (Å²) in [4.78, 5) is 13.1. The Hall–Kier alpha value is -2.38. The van der Waals surface area contributed by atoms with Crippen molar-refractivity contribution in [1.82, 2.24) is 19.8 Å². The van der Waals surface area contributed by atoms with Gasteiger partial charge in [0.2, 0.25) is 0 Å². The number of β-amino-alcohol motifs (C(OH)–C–C–N with tert-alkyl or cyclic N) is 1. The number of nitrogens with one attached hydrogen (secondary N) is 1. The average Bonchev–Trinajstić information content (AvgIpc) is 3.32. The van der Waals surface area contributed by atoms with Crippen LogP contribution < -0.4 is 0 Å². The quantitative estimate of drug-likeness (QED) is 0.227. The Balaban J connectivity index is 0.00000196. The van der Waals surface area contributed by atoms with E-state index in [0.717, 1.165) is 49.0 Å². The molecule has 0 spiro atoms. The molecule has 0 aliphatic carbocycles. The molecule has 2 heterocycles. The van der Waals surface area contributed by atoms with E-state index in [2.05, 4.69) is 120 Å². The Bertz CT molecular complexity index is 1280. The van der Waals surface area contributed by atoms with Crippen LogP contribution in [0.5, 0.6) is 0 Å². The minimum Gasteiger partial charge on any atom is -0.385 e. The summed E-state index contributed by atoms with van der Waals surface area (Å²) < 4.78 is 0. The maximum atomic E-state index is 11.2. The SMILES string of the molecule is Cc1[nH]c(-c2ccc(C(C)(C)C)cc2)nc1C(O)CN1CCN(C(c2ccccc2)c2ccccc2)CC1.Cl.Cl.Cl. The minimum absolute atomic E-state index is 0. The third-order valence-corrected chi connectivity index (χ3v) is 7.70. The minimum atomic E-state index is -0.626. The average molecular weight is 618 g/mol. The number of hydrogen-bond donors (Lipinski definition) is 2. The lowest BCUT2D eigenvalue weighted by Crippen LogP contribution is -2.48. The van der Waals surface area contributed by atoms with Crippen molar-refractivity contribution in [3.05, 3.63) is 113 Å². The number of H-pyrrole nitrogens is 1. The van der Waals surface area contributed by atoms with E-state index in [0.29, 0.717) is 6.54 Å². The molecule has 1 unspecified atom stereocenters. The molecular weight excluding hydrogens is 575 g/mol. The molecule has 1 saturated heterocycles. The number of aromatic amines is 1. The smallest absolute Gasteiger partial charge is 0.137 e. The Kier molecular flexibility index (Phi) is 12.9. The third-order valence-electron chi connectivity index (χ3n) is 7.70. The molecule has 8 heteroatoms. The first-order chi connectivity index (χ1) is 18.3. The van der Waals surface area contributed by atoms with E-state index in [1.165, 1.54) is 16.7 Å². The summed E-state index contributed by atoms with van der Waals surface area (Å²) in [5.41, 5.74) is 6.77. The number of nitrogens with zero attached hydrogens (tertiary/aromatic N) is 3. The molecule has 1 fully saturated rings. The third kappa shape index (κ3) is 8.35. The van der Waals surface area contributed by atoms with Crippen LogP contribution in [0.4, 0.5) is 0 Å². The second-order valence-corrected chi connectivity index (χ2v) is 11.5. The molecule has 1 atom stereocenters. The molecule has 2 N–H and O–H groups in total. The van der Waals surface area contributed by atoms with Crippen molar-refractivity contribution in [2.24, 2.45) is 0 Å². The van der Waals surface area contributed by atoms with E-state index in [4.69, 9.17) is 4.98 Å². The van der Waals surface area contributed by atoms with Gasteiger partial charge in [0.15, 0.2) is 0 Å². The lowest BCUT2D eigenvalue weighted by molar-refractivity contribution is 0.0606. The Morgan fingerprint density at radius 3 is 1.78 bits per heavy atom. The van der Waals surface area contributed by atoms with Gasteiger partial charge in [-0.15, -0.1) is 37.2 Å². The summed E-state index contributed by atoms with van der Waals surface area (Å²) in [5.74, 6) is 0.815. The highest BCUT2D eigenvalue weighted by molar-refractivity contribution is 5.86. The molecule has 41 heavy (non-hydrogen) atoms. The number of aliphatic hydroxyl groups is 1.